The predicted octanol–water partition coefficient (Wildman–Crippen LogP) is 1.39. The van der Waals surface area contributed by atoms with Crippen LogP contribution in [0.15, 0.2) is 12.5 Å². The van der Waals surface area contributed by atoms with Crippen molar-refractivity contribution in [3.05, 3.63) is 12.5 Å². The van der Waals surface area contributed by atoms with Crippen LogP contribution in [0.25, 0.3) is 11.0 Å². The first kappa shape index (κ1) is 16.1. The third-order valence-electron chi connectivity index (χ3n) is 5.39. The van der Waals surface area contributed by atoms with Crippen LogP contribution in [-0.2, 0) is 7.05 Å². The normalized spacial score (nSPS) is 18.9. The number of hydrogen-bond acceptors (Lipinski definition) is 5. The molecule has 134 valence electrons. The van der Waals surface area contributed by atoms with Crippen LogP contribution in [0.3, 0.4) is 0 Å². The maximum absolute atomic E-state index is 12.4. The maximum atomic E-state index is 12.4. The number of amides is 2. The van der Waals surface area contributed by atoms with Crippen molar-refractivity contribution in [2.24, 2.45) is 13.0 Å². The number of hydrogen-bond donors (Lipinski definition) is 1. The highest BCUT2D eigenvalue weighted by Crippen LogP contribution is 2.24. The van der Waals surface area contributed by atoms with E-state index in [-0.39, 0.29) is 6.03 Å². The van der Waals surface area contributed by atoms with E-state index < -0.39 is 0 Å². The van der Waals surface area contributed by atoms with Gasteiger partial charge >= 0.3 is 6.03 Å². The van der Waals surface area contributed by atoms with E-state index in [4.69, 9.17) is 0 Å². The van der Waals surface area contributed by atoms with Crippen LogP contribution in [0.1, 0.15) is 25.7 Å². The maximum Gasteiger partial charge on any atom is 0.317 e. The summed E-state index contributed by atoms with van der Waals surface area (Å²) < 4.78 is 1.76. The van der Waals surface area contributed by atoms with E-state index in [9.17, 15) is 4.79 Å². The largest absolute Gasteiger partial charge is 0.352 e. The summed E-state index contributed by atoms with van der Waals surface area (Å²) in [6.45, 7) is 3.79. The van der Waals surface area contributed by atoms with Gasteiger partial charge in [-0.25, -0.2) is 14.8 Å². The van der Waals surface area contributed by atoms with Crippen molar-refractivity contribution >= 4 is 22.9 Å². The third kappa shape index (κ3) is 3.25. The molecule has 1 saturated heterocycles. The zero-order valence-electron chi connectivity index (χ0n) is 14.7. The minimum atomic E-state index is 0.0702. The van der Waals surface area contributed by atoms with Crippen molar-refractivity contribution < 1.29 is 4.79 Å². The van der Waals surface area contributed by atoms with Gasteiger partial charge in [0.05, 0.1) is 11.6 Å². The summed E-state index contributed by atoms with van der Waals surface area (Å²) in [6, 6.07) is 0.0702. The van der Waals surface area contributed by atoms with Gasteiger partial charge in [-0.2, -0.15) is 5.10 Å². The second-order valence-corrected chi connectivity index (χ2v) is 7.01. The molecule has 1 aliphatic heterocycles. The minimum absolute atomic E-state index is 0.0702. The molecule has 1 aliphatic carbocycles. The molecule has 2 aliphatic rings. The molecule has 0 unspecified atom stereocenters. The van der Waals surface area contributed by atoms with E-state index in [0.717, 1.165) is 36.5 Å². The van der Waals surface area contributed by atoms with Crippen LogP contribution in [0.4, 0.5) is 10.6 Å². The number of piperazine rings is 1. The van der Waals surface area contributed by atoms with Crippen LogP contribution in [0, 0.1) is 5.92 Å². The van der Waals surface area contributed by atoms with Crippen LogP contribution in [0.5, 0.6) is 0 Å². The molecule has 0 bridgehead atoms. The highest BCUT2D eigenvalue weighted by atomic mass is 16.2. The number of nitrogens with one attached hydrogen (secondary N) is 1. The lowest BCUT2D eigenvalue weighted by Gasteiger charge is -2.35. The highest BCUT2D eigenvalue weighted by Gasteiger charge is 2.24. The first-order valence-electron chi connectivity index (χ1n) is 9.13. The molecule has 0 radical (unpaired) electrons. The Morgan fingerprint density at radius 1 is 1.20 bits per heavy atom. The SMILES string of the molecule is Cn1ncc2c(N3CCN(C(=O)NCC4CCCC4)CC3)ncnc21. The lowest BCUT2D eigenvalue weighted by Crippen LogP contribution is -2.52. The number of rotatable bonds is 3. The molecular weight excluding hydrogens is 318 g/mol. The number of nitrogens with zero attached hydrogens (tertiary/aromatic N) is 6. The summed E-state index contributed by atoms with van der Waals surface area (Å²) in [5.41, 5.74) is 0.835. The molecule has 2 fully saturated rings. The number of carbonyl (C=O) groups is 1. The fourth-order valence-electron chi connectivity index (χ4n) is 3.88. The molecule has 1 N–H and O–H groups in total. The quantitative estimate of drug-likeness (QED) is 0.911. The Labute approximate surface area is 147 Å². The molecule has 3 heterocycles. The monoisotopic (exact) mass is 343 g/mol. The first-order valence-corrected chi connectivity index (χ1v) is 9.13. The Bertz CT molecular complexity index is 745. The molecule has 25 heavy (non-hydrogen) atoms. The standard InChI is InChI=1S/C17H25N7O/c1-22-15-14(11-21-22)16(20-12-19-15)23-6-8-24(9-7-23)17(25)18-10-13-4-2-3-5-13/h11-13H,2-10H2,1H3,(H,18,25). The zero-order valence-corrected chi connectivity index (χ0v) is 14.7. The topological polar surface area (TPSA) is 79.2 Å². The molecule has 0 atom stereocenters. The average molecular weight is 343 g/mol. The van der Waals surface area contributed by atoms with Crippen molar-refractivity contribution in [2.75, 3.05) is 37.6 Å². The number of anilines is 1. The Morgan fingerprint density at radius 3 is 2.72 bits per heavy atom. The van der Waals surface area contributed by atoms with E-state index in [0.29, 0.717) is 19.0 Å². The van der Waals surface area contributed by atoms with Crippen molar-refractivity contribution in [3.8, 4) is 0 Å². The molecule has 8 heteroatoms. The van der Waals surface area contributed by atoms with Crippen molar-refractivity contribution in [1.29, 1.82) is 0 Å². The number of urea groups is 1. The van der Waals surface area contributed by atoms with E-state index in [1.807, 2.05) is 18.1 Å². The predicted molar refractivity (Wildman–Crippen MR) is 95.4 cm³/mol. The summed E-state index contributed by atoms with van der Waals surface area (Å²) in [7, 11) is 1.88. The van der Waals surface area contributed by atoms with Gasteiger partial charge in [-0.1, -0.05) is 12.8 Å². The van der Waals surface area contributed by atoms with Gasteiger partial charge in [0.2, 0.25) is 0 Å². The van der Waals surface area contributed by atoms with Gasteiger partial charge in [0, 0.05) is 39.8 Å². The number of carbonyl (C=O) groups excluding carboxylic acids is 1. The Hall–Kier alpha value is -2.38. The van der Waals surface area contributed by atoms with Crippen LogP contribution in [-0.4, -0.2) is 63.4 Å². The van der Waals surface area contributed by atoms with Gasteiger partial charge in [-0.15, -0.1) is 0 Å². The second-order valence-electron chi connectivity index (χ2n) is 7.01. The fraction of sp³-hybridized carbons (Fsp3) is 0.647. The number of aryl methyl sites for hydroxylation is 1. The third-order valence-corrected chi connectivity index (χ3v) is 5.39. The summed E-state index contributed by atoms with van der Waals surface area (Å²) in [6.07, 6.45) is 8.51. The smallest absolute Gasteiger partial charge is 0.317 e. The van der Waals surface area contributed by atoms with E-state index in [2.05, 4.69) is 25.3 Å². The summed E-state index contributed by atoms with van der Waals surface area (Å²) in [5.74, 6) is 1.58. The first-order chi connectivity index (χ1) is 12.2. The summed E-state index contributed by atoms with van der Waals surface area (Å²) in [4.78, 5) is 25.2. The van der Waals surface area contributed by atoms with Gasteiger partial charge in [-0.3, -0.25) is 4.68 Å². The Morgan fingerprint density at radius 2 is 1.96 bits per heavy atom. The number of aromatic nitrogens is 4. The molecule has 4 rings (SSSR count). The van der Waals surface area contributed by atoms with Crippen molar-refractivity contribution in [2.45, 2.75) is 25.7 Å². The van der Waals surface area contributed by atoms with Crippen LogP contribution >= 0.6 is 0 Å². The minimum Gasteiger partial charge on any atom is -0.352 e. The van der Waals surface area contributed by atoms with Gasteiger partial charge in [0.1, 0.15) is 12.1 Å². The number of fused-ring (bicyclic) bond motifs is 1. The molecular formula is C17H25N7O. The second kappa shape index (κ2) is 6.85. The zero-order chi connectivity index (χ0) is 17.2. The van der Waals surface area contributed by atoms with Crippen LogP contribution < -0.4 is 10.2 Å². The molecule has 2 aromatic rings. The Balaban J connectivity index is 1.35. The van der Waals surface area contributed by atoms with Gasteiger partial charge in [-0.05, 0) is 18.8 Å². The van der Waals surface area contributed by atoms with E-state index in [1.165, 1.54) is 25.7 Å². The molecule has 2 aromatic heterocycles. The lowest BCUT2D eigenvalue weighted by atomic mass is 10.1. The average Bonchev–Trinajstić information content (AvgIpc) is 3.30. The molecule has 0 spiro atoms. The van der Waals surface area contributed by atoms with E-state index >= 15 is 0 Å². The van der Waals surface area contributed by atoms with E-state index in [1.54, 1.807) is 11.0 Å². The van der Waals surface area contributed by atoms with Crippen LogP contribution in [0.2, 0.25) is 0 Å². The molecule has 8 nitrogen and oxygen atoms in total. The molecule has 2 amide bonds. The summed E-state index contributed by atoms with van der Waals surface area (Å²) >= 11 is 0. The summed E-state index contributed by atoms with van der Waals surface area (Å²) in [5, 5.41) is 8.34. The Kier molecular flexibility index (Phi) is 4.42. The van der Waals surface area contributed by atoms with Gasteiger partial charge in [0.15, 0.2) is 5.65 Å². The lowest BCUT2D eigenvalue weighted by molar-refractivity contribution is 0.192. The van der Waals surface area contributed by atoms with Gasteiger partial charge < -0.3 is 15.1 Å². The van der Waals surface area contributed by atoms with Crippen molar-refractivity contribution in [3.63, 3.8) is 0 Å². The van der Waals surface area contributed by atoms with Crippen molar-refractivity contribution in [1.82, 2.24) is 30.0 Å². The molecule has 0 aromatic carbocycles. The highest BCUT2D eigenvalue weighted by molar-refractivity contribution is 5.86. The molecule has 1 saturated carbocycles. The van der Waals surface area contributed by atoms with Gasteiger partial charge in [0.25, 0.3) is 0 Å². The fourth-order valence-corrected chi connectivity index (χ4v) is 3.88.